The first-order chi connectivity index (χ1) is 36.7. The fourth-order valence-electron chi connectivity index (χ4n) is 11.2. The van der Waals surface area contributed by atoms with Crippen LogP contribution in [0.1, 0.15) is 112 Å². The Bertz CT molecular complexity index is 2940. The van der Waals surface area contributed by atoms with Crippen molar-refractivity contribution in [1.82, 2.24) is 40.4 Å². The summed E-state index contributed by atoms with van der Waals surface area (Å²) in [5.74, 6) is 0.881. The number of aromatic nitrogens is 5. The summed E-state index contributed by atoms with van der Waals surface area (Å²) in [6.07, 6.45) is 5.48. The van der Waals surface area contributed by atoms with Gasteiger partial charge in [-0.1, -0.05) is 55.4 Å². The molecule has 402 valence electrons. The molecule has 6 aromatic rings. The maximum absolute atomic E-state index is 15.7. The fraction of sp³-hybridized carbons (Fsp3) is 0.491. The number of aryl methyl sites for hydroxylation is 1. The number of alkyl halides is 1. The Hall–Kier alpha value is -6.54. The SMILES string of the molecule is Cc1ncsc1-c1ccc([C@H](C)NC(=O)[C@@H]2C[C@@H](O)CN2C(=O)[C@@H](c2cc(N3CCC(CN4CCC(OC5CC(Oc6cc(CC(F)c7cc(-c8ccccc8O)nnc7N)ccn6)C5)CC4)CC3)no2)C(C)C)cc1. The number of aliphatic hydroxyl groups is 1. The lowest BCUT2D eigenvalue weighted by molar-refractivity contribution is -0.141. The number of β-amino-alcohol motifs (C(OH)–C–C–N with tert-alkyl or cyclic N) is 1. The number of ether oxygens (including phenoxy) is 2. The number of nitrogen functional groups attached to an aromatic ring is 1. The number of hydrogen-bond donors (Lipinski definition) is 4. The molecule has 0 bridgehead atoms. The number of phenols is 1. The van der Waals surface area contributed by atoms with Crippen molar-refractivity contribution in [1.29, 1.82) is 0 Å². The molecule has 0 radical (unpaired) electrons. The van der Waals surface area contributed by atoms with Crippen molar-refractivity contribution in [2.45, 2.75) is 128 Å². The molecule has 3 aliphatic heterocycles. The van der Waals surface area contributed by atoms with E-state index in [4.69, 9.17) is 19.7 Å². The minimum absolute atomic E-state index is 0.00195. The highest BCUT2D eigenvalue weighted by Gasteiger charge is 2.44. The third kappa shape index (κ3) is 12.2. The predicted molar refractivity (Wildman–Crippen MR) is 287 cm³/mol. The smallest absolute Gasteiger partial charge is 0.243 e. The molecule has 1 aliphatic carbocycles. The number of thiazole rings is 1. The number of nitrogens with one attached hydrogen (secondary N) is 1. The van der Waals surface area contributed by atoms with Crippen LogP contribution in [0.2, 0.25) is 0 Å². The van der Waals surface area contributed by atoms with Crippen LogP contribution < -0.4 is 20.7 Å². The van der Waals surface area contributed by atoms with Gasteiger partial charge in [0.05, 0.1) is 46.1 Å². The van der Waals surface area contributed by atoms with Crippen molar-refractivity contribution >= 4 is 34.8 Å². The lowest BCUT2D eigenvalue weighted by Crippen LogP contribution is -2.48. The van der Waals surface area contributed by atoms with E-state index < -0.39 is 24.2 Å². The maximum atomic E-state index is 15.7. The molecular weight excluding hydrogens is 988 g/mol. The van der Waals surface area contributed by atoms with Gasteiger partial charge in [0.25, 0.3) is 0 Å². The normalized spacial score (nSPS) is 21.8. The van der Waals surface area contributed by atoms with E-state index in [0.29, 0.717) is 34.4 Å². The zero-order valence-electron chi connectivity index (χ0n) is 43.6. The topological polar surface area (TPSA) is 218 Å². The monoisotopic (exact) mass is 1060 g/mol. The molecule has 1 unspecified atom stereocenters. The van der Waals surface area contributed by atoms with Gasteiger partial charge in [-0.3, -0.25) is 9.59 Å². The molecule has 3 saturated heterocycles. The van der Waals surface area contributed by atoms with Crippen LogP contribution in [-0.4, -0.2) is 127 Å². The van der Waals surface area contributed by atoms with Gasteiger partial charge in [0.1, 0.15) is 30.0 Å². The minimum atomic E-state index is -1.46. The van der Waals surface area contributed by atoms with Gasteiger partial charge in [-0.2, -0.15) is 0 Å². The molecule has 4 aromatic heterocycles. The summed E-state index contributed by atoms with van der Waals surface area (Å²) in [7, 11) is 0. The summed E-state index contributed by atoms with van der Waals surface area (Å²) in [4.78, 5) is 44.4. The van der Waals surface area contributed by atoms with Crippen LogP contribution in [-0.2, 0) is 20.7 Å². The molecule has 2 aromatic carbocycles. The minimum Gasteiger partial charge on any atom is -0.507 e. The molecule has 2 amide bonds. The second-order valence-electron chi connectivity index (χ2n) is 21.5. The first-order valence-electron chi connectivity index (χ1n) is 26.8. The zero-order valence-corrected chi connectivity index (χ0v) is 44.4. The summed E-state index contributed by atoms with van der Waals surface area (Å²) < 4.78 is 34.4. The molecule has 17 nitrogen and oxygen atoms in total. The standard InChI is InChI=1S/C57H69FN10O7S/c1-33(2)53(57(72)68-31-40(69)25-48(68)56(71)62-34(3)38-9-11-39(12-10-38)54-35(4)61-32-76-54)50-29-51(65-75-50)67-21-14-36(15-22-67)30-66-19-16-41(17-20-66)73-42-26-43(27-42)74-52-24-37(13-18-60-52)23-46(58)45-28-47(63-64-55(45)59)44-7-5-6-8-49(44)70/h5-13,18,24,28-29,32-34,36,40-43,46,48,53,69-70H,14-17,19-23,25-27,30-31H2,1-4H3,(H2,59,64)(H,62,71)/t34-,40+,42?,43?,46?,48-,53+/m0/s1. The lowest BCUT2D eigenvalue weighted by atomic mass is 9.91. The van der Waals surface area contributed by atoms with Gasteiger partial charge in [0.15, 0.2) is 17.4 Å². The largest absolute Gasteiger partial charge is 0.507 e. The number of carbonyl (C=O) groups excluding carboxylic acids is 2. The number of amides is 2. The highest BCUT2D eigenvalue weighted by atomic mass is 32.1. The molecule has 0 spiro atoms. The number of para-hydroxylation sites is 1. The second kappa shape index (κ2) is 23.4. The molecule has 4 aliphatic rings. The number of pyridine rings is 1. The second-order valence-corrected chi connectivity index (χ2v) is 22.3. The van der Waals surface area contributed by atoms with Crippen molar-refractivity contribution in [2.75, 3.05) is 49.9 Å². The van der Waals surface area contributed by atoms with Crippen LogP contribution in [0, 0.1) is 18.8 Å². The molecule has 5 N–H and O–H groups in total. The summed E-state index contributed by atoms with van der Waals surface area (Å²) in [6, 6.07) is 20.6. The lowest BCUT2D eigenvalue weighted by Gasteiger charge is -2.41. The molecular formula is C57H69FN10O7S. The Morgan fingerprint density at radius 1 is 0.921 bits per heavy atom. The number of piperidine rings is 2. The van der Waals surface area contributed by atoms with Gasteiger partial charge in [-0.15, -0.1) is 21.5 Å². The van der Waals surface area contributed by atoms with Gasteiger partial charge >= 0.3 is 0 Å². The molecule has 5 atom stereocenters. The number of nitrogens with zero attached hydrogens (tertiary/aromatic N) is 8. The third-order valence-electron chi connectivity index (χ3n) is 15.7. The number of aliphatic hydroxyl groups excluding tert-OH is 1. The number of phenolic OH excluding ortho intramolecular Hbond substituents is 1. The Morgan fingerprint density at radius 2 is 1.68 bits per heavy atom. The van der Waals surface area contributed by atoms with E-state index in [2.05, 4.69) is 40.4 Å². The van der Waals surface area contributed by atoms with E-state index in [-0.39, 0.29) is 78.6 Å². The molecule has 1 saturated carbocycles. The number of benzene rings is 2. The Kier molecular flexibility index (Phi) is 16.3. The van der Waals surface area contributed by atoms with Crippen LogP contribution >= 0.6 is 11.3 Å². The third-order valence-corrected chi connectivity index (χ3v) is 16.7. The van der Waals surface area contributed by atoms with Crippen molar-refractivity contribution in [3.05, 3.63) is 113 Å². The van der Waals surface area contributed by atoms with Crippen molar-refractivity contribution in [2.24, 2.45) is 11.8 Å². The first-order valence-corrected chi connectivity index (χ1v) is 27.7. The van der Waals surface area contributed by atoms with E-state index in [1.807, 2.05) is 63.5 Å². The van der Waals surface area contributed by atoms with Crippen molar-refractivity contribution in [3.63, 3.8) is 0 Å². The molecule has 76 heavy (non-hydrogen) atoms. The Balaban J connectivity index is 0.639. The van der Waals surface area contributed by atoms with Gasteiger partial charge in [0, 0.05) is 94.4 Å². The van der Waals surface area contributed by atoms with Crippen molar-refractivity contribution in [3.8, 4) is 33.3 Å². The highest BCUT2D eigenvalue weighted by molar-refractivity contribution is 7.13. The number of aromatic hydroxyl groups is 1. The summed E-state index contributed by atoms with van der Waals surface area (Å²) >= 11 is 1.59. The number of anilines is 2. The Morgan fingerprint density at radius 3 is 2.41 bits per heavy atom. The van der Waals surface area contributed by atoms with E-state index in [0.717, 1.165) is 98.8 Å². The Labute approximate surface area is 447 Å². The van der Waals surface area contributed by atoms with Crippen molar-refractivity contribution < 1.29 is 38.2 Å². The summed E-state index contributed by atoms with van der Waals surface area (Å²) in [6.45, 7) is 12.6. The van der Waals surface area contributed by atoms with E-state index in [1.165, 1.54) is 11.0 Å². The predicted octanol–water partition coefficient (Wildman–Crippen LogP) is 8.39. The molecule has 19 heteroatoms. The number of carbonyl (C=O) groups is 2. The first kappa shape index (κ1) is 52.9. The number of nitrogens with two attached hydrogens (primary N) is 1. The van der Waals surface area contributed by atoms with Crippen LogP contribution in [0.25, 0.3) is 21.7 Å². The molecule has 4 fully saturated rings. The van der Waals surface area contributed by atoms with Crippen LogP contribution in [0.15, 0.2) is 89.0 Å². The average molecular weight is 1060 g/mol. The fourth-order valence-corrected chi connectivity index (χ4v) is 12.1. The van der Waals surface area contributed by atoms with E-state index >= 15 is 4.39 Å². The van der Waals surface area contributed by atoms with Gasteiger partial charge in [0.2, 0.25) is 17.7 Å². The van der Waals surface area contributed by atoms with Gasteiger partial charge in [-0.25, -0.2) is 14.4 Å². The van der Waals surface area contributed by atoms with Gasteiger partial charge < -0.3 is 50.0 Å². The molecule has 7 heterocycles. The number of rotatable bonds is 18. The summed E-state index contributed by atoms with van der Waals surface area (Å²) in [5.41, 5.74) is 12.6. The quantitative estimate of drug-likeness (QED) is 0.0635. The number of hydrogen-bond acceptors (Lipinski definition) is 16. The number of halogens is 1. The summed E-state index contributed by atoms with van der Waals surface area (Å²) in [5, 5.41) is 36.6. The average Bonchev–Trinajstić information content (AvgIpc) is 4.18. The van der Waals surface area contributed by atoms with E-state index in [1.54, 1.807) is 53.9 Å². The molecule has 10 rings (SSSR count). The number of likely N-dealkylation sites (tertiary alicyclic amines) is 2. The zero-order chi connectivity index (χ0) is 53.0. The van der Waals surface area contributed by atoms with Crippen LogP contribution in [0.3, 0.4) is 0 Å². The van der Waals surface area contributed by atoms with E-state index in [9.17, 15) is 19.8 Å². The van der Waals surface area contributed by atoms with Gasteiger partial charge in [-0.05, 0) is 92.3 Å². The van der Waals surface area contributed by atoms with Crippen LogP contribution in [0.5, 0.6) is 11.6 Å². The highest BCUT2D eigenvalue weighted by Crippen LogP contribution is 2.37. The maximum Gasteiger partial charge on any atom is 0.243 e. The van der Waals surface area contributed by atoms with Crippen LogP contribution in [0.4, 0.5) is 16.0 Å².